The van der Waals surface area contributed by atoms with Crippen LogP contribution in [-0.4, -0.2) is 47.0 Å². The zero-order valence-electron chi connectivity index (χ0n) is 14.9. The summed E-state index contributed by atoms with van der Waals surface area (Å²) in [4.78, 5) is 4.59. The van der Waals surface area contributed by atoms with Crippen molar-refractivity contribution in [3.8, 4) is 0 Å². The summed E-state index contributed by atoms with van der Waals surface area (Å²) < 4.78 is 7.30. The summed E-state index contributed by atoms with van der Waals surface area (Å²) in [7, 11) is 1.96. The lowest BCUT2D eigenvalue weighted by atomic mass is 10.2. The van der Waals surface area contributed by atoms with Gasteiger partial charge in [0, 0.05) is 33.4 Å². The van der Waals surface area contributed by atoms with Crippen molar-refractivity contribution in [1.82, 2.24) is 25.4 Å². The minimum atomic E-state index is 0. The van der Waals surface area contributed by atoms with Crippen LogP contribution >= 0.6 is 24.0 Å². The Bertz CT molecular complexity index is 461. The Kier molecular flexibility index (Phi) is 12.0. The van der Waals surface area contributed by atoms with E-state index in [1.165, 1.54) is 0 Å². The summed E-state index contributed by atoms with van der Waals surface area (Å²) in [6, 6.07) is 0. The molecule has 0 aliphatic rings. The number of rotatable bonds is 9. The normalized spacial score (nSPS) is 11.5. The van der Waals surface area contributed by atoms with Crippen molar-refractivity contribution in [3.05, 3.63) is 11.6 Å². The van der Waals surface area contributed by atoms with E-state index in [1.54, 1.807) is 0 Å². The molecule has 0 aromatic carbocycles. The number of hydrogen-bond acceptors (Lipinski definition) is 4. The summed E-state index contributed by atoms with van der Waals surface area (Å²) in [6.07, 6.45) is 0.958. The topological polar surface area (TPSA) is 76.4 Å². The van der Waals surface area contributed by atoms with Gasteiger partial charge in [0.25, 0.3) is 0 Å². The minimum Gasteiger partial charge on any atom is -0.382 e. The predicted molar refractivity (Wildman–Crippen MR) is 104 cm³/mol. The predicted octanol–water partition coefficient (Wildman–Crippen LogP) is 1.86. The van der Waals surface area contributed by atoms with Crippen LogP contribution in [0.5, 0.6) is 0 Å². The second kappa shape index (κ2) is 12.5. The Morgan fingerprint density at radius 2 is 2.04 bits per heavy atom. The molecule has 0 bridgehead atoms. The maximum Gasteiger partial charge on any atom is 0.191 e. The van der Waals surface area contributed by atoms with Crippen molar-refractivity contribution in [2.45, 2.75) is 40.7 Å². The molecule has 1 aromatic rings. The molecule has 1 rings (SSSR count). The fraction of sp³-hybridized carbons (Fsp3) is 0.800. The van der Waals surface area contributed by atoms with E-state index in [9.17, 15) is 0 Å². The maximum absolute atomic E-state index is 5.34. The molecule has 0 amide bonds. The molecule has 0 aliphatic carbocycles. The monoisotopic (exact) mass is 438 g/mol. The number of nitrogens with one attached hydrogen (secondary N) is 2. The van der Waals surface area contributed by atoms with Crippen molar-refractivity contribution in [2.24, 2.45) is 18.0 Å². The molecule has 7 nitrogen and oxygen atoms in total. The number of aryl methyl sites for hydroxylation is 1. The molecular weight excluding hydrogens is 407 g/mol. The first kappa shape index (κ1) is 22.1. The molecule has 0 radical (unpaired) electrons. The minimum absolute atomic E-state index is 0. The van der Waals surface area contributed by atoms with E-state index < -0.39 is 0 Å². The molecule has 2 N–H and O–H groups in total. The van der Waals surface area contributed by atoms with Crippen LogP contribution in [0.25, 0.3) is 0 Å². The van der Waals surface area contributed by atoms with E-state index in [2.05, 4.69) is 39.7 Å². The first-order chi connectivity index (χ1) is 10.5. The van der Waals surface area contributed by atoms with E-state index in [0.717, 1.165) is 50.3 Å². The van der Waals surface area contributed by atoms with Gasteiger partial charge in [0.2, 0.25) is 0 Å². The number of guanidine groups is 1. The van der Waals surface area contributed by atoms with Gasteiger partial charge in [-0.3, -0.25) is 0 Å². The third-order valence-electron chi connectivity index (χ3n) is 3.20. The van der Waals surface area contributed by atoms with E-state index in [0.29, 0.717) is 12.5 Å². The Morgan fingerprint density at radius 1 is 1.30 bits per heavy atom. The molecule has 1 aromatic heterocycles. The van der Waals surface area contributed by atoms with Crippen molar-refractivity contribution in [3.63, 3.8) is 0 Å². The highest BCUT2D eigenvalue weighted by Gasteiger charge is 2.05. The SMILES string of the molecule is CCOCCCNC(=NCc1nnc(C)n1C)NCC(C)C.I. The van der Waals surface area contributed by atoms with E-state index >= 15 is 0 Å². The summed E-state index contributed by atoms with van der Waals surface area (Å²) in [5, 5.41) is 14.9. The fourth-order valence-electron chi connectivity index (χ4n) is 1.74. The van der Waals surface area contributed by atoms with E-state index in [1.807, 2.05) is 25.5 Å². The van der Waals surface area contributed by atoms with E-state index in [-0.39, 0.29) is 24.0 Å². The lowest BCUT2D eigenvalue weighted by Crippen LogP contribution is -2.40. The van der Waals surface area contributed by atoms with Gasteiger partial charge in [-0.05, 0) is 26.2 Å². The van der Waals surface area contributed by atoms with Crippen LogP contribution in [0.3, 0.4) is 0 Å². The van der Waals surface area contributed by atoms with Crippen molar-refractivity contribution in [1.29, 1.82) is 0 Å². The Morgan fingerprint density at radius 3 is 2.61 bits per heavy atom. The quantitative estimate of drug-likeness (QED) is 0.267. The summed E-state index contributed by atoms with van der Waals surface area (Å²) in [5.74, 6) is 3.13. The third-order valence-corrected chi connectivity index (χ3v) is 3.20. The molecule has 134 valence electrons. The third kappa shape index (κ3) is 9.09. The first-order valence-corrected chi connectivity index (χ1v) is 7.99. The average Bonchev–Trinajstić information content (AvgIpc) is 2.80. The molecule has 0 saturated carbocycles. The van der Waals surface area contributed by atoms with Crippen LogP contribution in [0.1, 0.15) is 38.8 Å². The molecule has 0 saturated heterocycles. The van der Waals surface area contributed by atoms with Gasteiger partial charge >= 0.3 is 0 Å². The highest BCUT2D eigenvalue weighted by Crippen LogP contribution is 1.99. The van der Waals surface area contributed by atoms with Gasteiger partial charge in [-0.1, -0.05) is 13.8 Å². The molecule has 0 atom stereocenters. The highest BCUT2D eigenvalue weighted by molar-refractivity contribution is 14.0. The van der Waals surface area contributed by atoms with Crippen LogP contribution in [0.4, 0.5) is 0 Å². The number of hydrogen-bond donors (Lipinski definition) is 2. The van der Waals surface area contributed by atoms with Gasteiger partial charge < -0.3 is 19.9 Å². The van der Waals surface area contributed by atoms with Crippen molar-refractivity contribution in [2.75, 3.05) is 26.3 Å². The molecule has 0 aliphatic heterocycles. The molecule has 8 heteroatoms. The van der Waals surface area contributed by atoms with Gasteiger partial charge in [-0.2, -0.15) is 0 Å². The maximum atomic E-state index is 5.34. The van der Waals surface area contributed by atoms with Gasteiger partial charge in [0.15, 0.2) is 11.8 Å². The molecule has 1 heterocycles. The number of aliphatic imine (C=N–C) groups is 1. The molecule has 0 spiro atoms. The lowest BCUT2D eigenvalue weighted by molar-refractivity contribution is 0.145. The standard InChI is InChI=1S/C15H30N6O.HI/c1-6-22-9-7-8-16-15(17-10-12(2)3)18-11-14-20-19-13(4)21(14)5;/h12H,6-11H2,1-5H3,(H2,16,17,18);1H. The largest absolute Gasteiger partial charge is 0.382 e. The first-order valence-electron chi connectivity index (χ1n) is 7.99. The Balaban J connectivity index is 0.00000484. The summed E-state index contributed by atoms with van der Waals surface area (Å²) in [6.45, 7) is 12.0. The van der Waals surface area contributed by atoms with Crippen LogP contribution in [0.2, 0.25) is 0 Å². The lowest BCUT2D eigenvalue weighted by Gasteiger charge is -2.14. The Hall–Kier alpha value is -0.900. The molecule has 0 fully saturated rings. The van der Waals surface area contributed by atoms with Crippen LogP contribution in [0.15, 0.2) is 4.99 Å². The van der Waals surface area contributed by atoms with Crippen LogP contribution in [-0.2, 0) is 18.3 Å². The molecule has 23 heavy (non-hydrogen) atoms. The molecule has 0 unspecified atom stereocenters. The zero-order chi connectivity index (χ0) is 16.4. The van der Waals surface area contributed by atoms with Crippen LogP contribution < -0.4 is 10.6 Å². The number of nitrogens with zero attached hydrogens (tertiary/aromatic N) is 4. The Labute approximate surface area is 156 Å². The molecular formula is C15H31IN6O. The highest BCUT2D eigenvalue weighted by atomic mass is 127. The van der Waals surface area contributed by atoms with Crippen molar-refractivity contribution >= 4 is 29.9 Å². The number of halogens is 1. The van der Waals surface area contributed by atoms with Crippen LogP contribution in [0, 0.1) is 12.8 Å². The number of ether oxygens (including phenoxy) is 1. The van der Waals surface area contributed by atoms with Gasteiger partial charge in [-0.15, -0.1) is 34.2 Å². The number of aromatic nitrogens is 3. The van der Waals surface area contributed by atoms with Gasteiger partial charge in [0.05, 0.1) is 0 Å². The fourth-order valence-corrected chi connectivity index (χ4v) is 1.74. The zero-order valence-corrected chi connectivity index (χ0v) is 17.3. The van der Waals surface area contributed by atoms with Gasteiger partial charge in [0.1, 0.15) is 12.4 Å². The average molecular weight is 438 g/mol. The van der Waals surface area contributed by atoms with Gasteiger partial charge in [-0.25, -0.2) is 4.99 Å². The van der Waals surface area contributed by atoms with E-state index in [4.69, 9.17) is 4.74 Å². The second-order valence-electron chi connectivity index (χ2n) is 5.64. The summed E-state index contributed by atoms with van der Waals surface area (Å²) in [5.41, 5.74) is 0. The summed E-state index contributed by atoms with van der Waals surface area (Å²) >= 11 is 0. The second-order valence-corrected chi connectivity index (χ2v) is 5.64. The smallest absolute Gasteiger partial charge is 0.191 e. The van der Waals surface area contributed by atoms with Crippen molar-refractivity contribution < 1.29 is 4.74 Å².